The van der Waals surface area contributed by atoms with Crippen molar-refractivity contribution < 1.29 is 14.0 Å². The zero-order chi connectivity index (χ0) is 22.3. The number of imide groups is 1. The number of benzene rings is 1. The van der Waals surface area contributed by atoms with Crippen molar-refractivity contribution in [3.63, 3.8) is 0 Å². The van der Waals surface area contributed by atoms with Crippen LogP contribution in [-0.4, -0.2) is 48.9 Å². The maximum absolute atomic E-state index is 13.3. The lowest BCUT2D eigenvalue weighted by molar-refractivity contribution is -0.140. The Bertz CT molecular complexity index is 923. The quantitative estimate of drug-likeness (QED) is 0.215. The molecular formula is C25H31FN4O2. The van der Waals surface area contributed by atoms with Gasteiger partial charge in [0.1, 0.15) is 5.82 Å². The summed E-state index contributed by atoms with van der Waals surface area (Å²) in [7, 11) is 0. The maximum Gasteiger partial charge on any atom is 0.233 e. The van der Waals surface area contributed by atoms with Gasteiger partial charge in [0.25, 0.3) is 0 Å². The van der Waals surface area contributed by atoms with Crippen molar-refractivity contribution in [3.05, 3.63) is 47.8 Å². The Hall–Kier alpha value is -2.70. The van der Waals surface area contributed by atoms with E-state index in [1.165, 1.54) is 17.0 Å². The molecule has 4 atom stereocenters. The molecule has 3 aliphatic carbocycles. The van der Waals surface area contributed by atoms with Gasteiger partial charge in [-0.1, -0.05) is 24.3 Å². The van der Waals surface area contributed by atoms with Crippen molar-refractivity contribution in [1.82, 2.24) is 15.5 Å². The predicted molar refractivity (Wildman–Crippen MR) is 120 cm³/mol. The molecule has 2 amide bonds. The molecule has 7 heteroatoms. The highest BCUT2D eigenvalue weighted by molar-refractivity contribution is 6.06. The van der Waals surface area contributed by atoms with Crippen molar-refractivity contribution in [2.45, 2.75) is 38.0 Å². The molecule has 6 nitrogen and oxygen atoms in total. The van der Waals surface area contributed by atoms with Gasteiger partial charge in [0, 0.05) is 25.0 Å². The van der Waals surface area contributed by atoms with E-state index in [0.29, 0.717) is 26.1 Å². The summed E-state index contributed by atoms with van der Waals surface area (Å²) in [4.78, 5) is 31.8. The standard InChI is InChI=1S/C25H31FN4O2/c1-2-27-24(29-15-25(10-11-25)18-6-8-19(26)9-7-18)28-12-3-13-30-22(31)20-16-4-5-17(14-16)21(20)23(30)32/h4-9,16-17,20-21H,2-3,10-15H2,1H3,(H2,27,28,29). The molecule has 1 heterocycles. The predicted octanol–water partition coefficient (Wildman–Crippen LogP) is 2.61. The number of guanidine groups is 1. The Morgan fingerprint density at radius 3 is 2.34 bits per heavy atom. The Labute approximate surface area is 188 Å². The van der Waals surface area contributed by atoms with E-state index < -0.39 is 0 Å². The van der Waals surface area contributed by atoms with E-state index in [9.17, 15) is 14.0 Å². The van der Waals surface area contributed by atoms with Crippen LogP contribution in [0, 0.1) is 29.5 Å². The van der Waals surface area contributed by atoms with Crippen molar-refractivity contribution in [1.29, 1.82) is 0 Å². The third kappa shape index (κ3) is 3.71. The Morgan fingerprint density at radius 2 is 1.75 bits per heavy atom. The molecular weight excluding hydrogens is 407 g/mol. The topological polar surface area (TPSA) is 73.8 Å². The minimum absolute atomic E-state index is 0.00954. The number of allylic oxidation sites excluding steroid dienone is 2. The van der Waals surface area contributed by atoms with E-state index in [4.69, 9.17) is 4.99 Å². The molecule has 0 radical (unpaired) electrons. The molecule has 2 saturated carbocycles. The van der Waals surface area contributed by atoms with Crippen LogP contribution in [0.4, 0.5) is 4.39 Å². The lowest BCUT2D eigenvalue weighted by Crippen LogP contribution is -2.40. The summed E-state index contributed by atoms with van der Waals surface area (Å²) in [6.45, 7) is 4.50. The minimum Gasteiger partial charge on any atom is -0.357 e. The van der Waals surface area contributed by atoms with E-state index in [1.807, 2.05) is 19.1 Å². The second-order valence-electron chi connectivity index (χ2n) is 9.59. The number of likely N-dealkylation sites (tertiary alicyclic amines) is 1. The first-order chi connectivity index (χ1) is 15.5. The van der Waals surface area contributed by atoms with Crippen LogP contribution in [0.15, 0.2) is 41.4 Å². The summed E-state index contributed by atoms with van der Waals surface area (Å²) in [5.74, 6) is 0.835. The number of carbonyl (C=O) groups is 2. The first kappa shape index (κ1) is 21.2. The number of aliphatic imine (C=N–C) groups is 1. The van der Waals surface area contributed by atoms with Gasteiger partial charge in [-0.15, -0.1) is 0 Å². The van der Waals surface area contributed by atoms with Crippen molar-refractivity contribution in [3.8, 4) is 0 Å². The number of nitrogens with one attached hydrogen (secondary N) is 2. The first-order valence-electron chi connectivity index (χ1n) is 11.8. The Kier molecular flexibility index (Phi) is 5.51. The molecule has 1 saturated heterocycles. The second kappa shape index (κ2) is 8.34. The monoisotopic (exact) mass is 438 g/mol. The maximum atomic E-state index is 13.3. The summed E-state index contributed by atoms with van der Waals surface area (Å²) in [6, 6.07) is 6.75. The van der Waals surface area contributed by atoms with Crippen LogP contribution >= 0.6 is 0 Å². The van der Waals surface area contributed by atoms with Crippen LogP contribution in [0.2, 0.25) is 0 Å². The number of hydrogen-bond acceptors (Lipinski definition) is 3. The molecule has 170 valence electrons. The average Bonchev–Trinajstić information content (AvgIpc) is 3.17. The lowest BCUT2D eigenvalue weighted by atomic mass is 9.85. The second-order valence-corrected chi connectivity index (χ2v) is 9.59. The first-order valence-corrected chi connectivity index (χ1v) is 11.8. The number of halogens is 1. The summed E-state index contributed by atoms with van der Waals surface area (Å²) >= 11 is 0. The minimum atomic E-state index is -0.217. The van der Waals surface area contributed by atoms with Crippen LogP contribution in [0.25, 0.3) is 0 Å². The van der Waals surface area contributed by atoms with Gasteiger partial charge >= 0.3 is 0 Å². The van der Waals surface area contributed by atoms with E-state index >= 15 is 0 Å². The van der Waals surface area contributed by atoms with Gasteiger partial charge in [0.05, 0.1) is 18.4 Å². The summed E-state index contributed by atoms with van der Waals surface area (Å²) < 4.78 is 13.3. The SMILES string of the molecule is CCNC(=NCC1(c2ccc(F)cc2)CC1)NCCCN1C(=O)C2C3C=CC(C3)C2C1=O. The molecule has 4 aliphatic rings. The van der Waals surface area contributed by atoms with Crippen molar-refractivity contribution in [2.24, 2.45) is 28.7 Å². The number of hydrogen-bond donors (Lipinski definition) is 2. The van der Waals surface area contributed by atoms with Crippen LogP contribution in [0.1, 0.15) is 38.2 Å². The fourth-order valence-corrected chi connectivity index (χ4v) is 5.69. The van der Waals surface area contributed by atoms with Gasteiger partial charge in [-0.25, -0.2) is 4.39 Å². The molecule has 5 rings (SSSR count). The molecule has 32 heavy (non-hydrogen) atoms. The van der Waals surface area contributed by atoms with Gasteiger partial charge in [-0.2, -0.15) is 0 Å². The van der Waals surface area contributed by atoms with E-state index in [-0.39, 0.29) is 46.7 Å². The van der Waals surface area contributed by atoms with Crippen LogP contribution in [0.5, 0.6) is 0 Å². The highest BCUT2D eigenvalue weighted by atomic mass is 19.1. The smallest absolute Gasteiger partial charge is 0.233 e. The normalized spacial score (nSPS) is 29.6. The van der Waals surface area contributed by atoms with Crippen LogP contribution in [-0.2, 0) is 15.0 Å². The summed E-state index contributed by atoms with van der Waals surface area (Å²) in [5.41, 5.74) is 1.15. The number of rotatable bonds is 8. The van der Waals surface area contributed by atoms with Gasteiger partial charge in [-0.3, -0.25) is 19.5 Å². The highest BCUT2D eigenvalue weighted by Gasteiger charge is 2.58. The molecule has 1 aromatic rings. The van der Waals surface area contributed by atoms with E-state index in [1.54, 1.807) is 0 Å². The summed E-state index contributed by atoms with van der Waals surface area (Å²) in [6.07, 6.45) is 8.01. The Balaban J connectivity index is 1.13. The number of nitrogens with zero attached hydrogens (tertiary/aromatic N) is 2. The largest absolute Gasteiger partial charge is 0.357 e. The highest BCUT2D eigenvalue weighted by Crippen LogP contribution is 2.52. The third-order valence-electron chi connectivity index (χ3n) is 7.61. The average molecular weight is 439 g/mol. The molecule has 2 bridgehead atoms. The number of fused-ring (bicyclic) bond motifs is 5. The fraction of sp³-hybridized carbons (Fsp3) is 0.560. The van der Waals surface area contributed by atoms with E-state index in [0.717, 1.165) is 37.3 Å². The summed E-state index contributed by atoms with van der Waals surface area (Å²) in [5, 5.41) is 6.60. The molecule has 1 aromatic carbocycles. The van der Waals surface area contributed by atoms with Gasteiger partial charge < -0.3 is 10.6 Å². The molecule has 1 aliphatic heterocycles. The van der Waals surface area contributed by atoms with Gasteiger partial charge in [0.2, 0.25) is 11.8 Å². The van der Waals surface area contributed by atoms with Crippen molar-refractivity contribution >= 4 is 17.8 Å². The number of carbonyl (C=O) groups excluding carboxylic acids is 2. The lowest BCUT2D eigenvalue weighted by Gasteiger charge is -2.18. The molecule has 4 unspecified atom stereocenters. The van der Waals surface area contributed by atoms with Crippen LogP contribution < -0.4 is 10.6 Å². The zero-order valence-corrected chi connectivity index (χ0v) is 18.5. The van der Waals surface area contributed by atoms with Gasteiger partial charge in [0.15, 0.2) is 5.96 Å². The molecule has 2 N–H and O–H groups in total. The van der Waals surface area contributed by atoms with Crippen LogP contribution in [0.3, 0.4) is 0 Å². The molecule has 0 aromatic heterocycles. The van der Waals surface area contributed by atoms with Crippen molar-refractivity contribution in [2.75, 3.05) is 26.2 Å². The Morgan fingerprint density at radius 1 is 1.09 bits per heavy atom. The number of amides is 2. The molecule has 3 fully saturated rings. The fourth-order valence-electron chi connectivity index (χ4n) is 5.69. The zero-order valence-electron chi connectivity index (χ0n) is 18.5. The van der Waals surface area contributed by atoms with E-state index in [2.05, 4.69) is 22.8 Å². The third-order valence-corrected chi connectivity index (χ3v) is 7.61. The molecule has 0 spiro atoms. The van der Waals surface area contributed by atoms with Gasteiger partial charge in [-0.05, 0) is 62.1 Å².